The molecule has 0 radical (unpaired) electrons. The first-order valence-corrected chi connectivity index (χ1v) is 12.4. The van der Waals surface area contributed by atoms with Crippen molar-refractivity contribution < 1.29 is 22.7 Å². The molecule has 0 amide bonds. The molecule has 4 rings (SSSR count). The summed E-state index contributed by atoms with van der Waals surface area (Å²) in [6.45, 7) is 2.68. The van der Waals surface area contributed by atoms with Gasteiger partial charge < -0.3 is 9.47 Å². The van der Waals surface area contributed by atoms with E-state index in [-0.39, 0.29) is 22.8 Å². The number of para-hydroxylation sites is 2. The number of hydrogen-bond donors (Lipinski definition) is 0. The molecule has 1 saturated heterocycles. The van der Waals surface area contributed by atoms with Crippen molar-refractivity contribution in [1.29, 1.82) is 0 Å². The lowest BCUT2D eigenvalue weighted by Crippen LogP contribution is -2.32. The summed E-state index contributed by atoms with van der Waals surface area (Å²) in [6.07, 6.45) is 3.69. The molecule has 2 aromatic carbocycles. The SMILES string of the molecule is COc1ccc(S(=O)(=O)N2CCCCCC2)cc1C(=O)OCc1nc2ccccc2nc1C. The third-order valence-electron chi connectivity index (χ3n) is 5.78. The quantitative estimate of drug-likeness (QED) is 0.505. The van der Waals surface area contributed by atoms with Gasteiger partial charge in [0.25, 0.3) is 0 Å². The molecule has 0 unspecified atom stereocenters. The van der Waals surface area contributed by atoms with Crippen LogP contribution in [0.1, 0.15) is 47.4 Å². The normalized spacial score (nSPS) is 15.2. The highest BCUT2D eigenvalue weighted by Crippen LogP contribution is 2.27. The largest absolute Gasteiger partial charge is 0.496 e. The van der Waals surface area contributed by atoms with Crippen LogP contribution in [0.25, 0.3) is 11.0 Å². The summed E-state index contributed by atoms with van der Waals surface area (Å²) in [5.74, 6) is -0.440. The van der Waals surface area contributed by atoms with Crippen LogP contribution >= 0.6 is 0 Å². The van der Waals surface area contributed by atoms with Gasteiger partial charge in [-0.05, 0) is 50.1 Å². The summed E-state index contributed by atoms with van der Waals surface area (Å²) in [7, 11) is -2.29. The van der Waals surface area contributed by atoms with Crippen LogP contribution in [0.3, 0.4) is 0 Å². The Kier molecular flexibility index (Phi) is 6.90. The molecule has 9 heteroatoms. The van der Waals surface area contributed by atoms with Gasteiger partial charge in [-0.25, -0.2) is 23.2 Å². The first kappa shape index (κ1) is 23.1. The predicted octanol–water partition coefficient (Wildman–Crippen LogP) is 3.87. The van der Waals surface area contributed by atoms with Crippen LogP contribution in [-0.4, -0.2) is 48.9 Å². The fourth-order valence-corrected chi connectivity index (χ4v) is 5.46. The van der Waals surface area contributed by atoms with E-state index in [1.165, 1.54) is 29.6 Å². The Morgan fingerprint density at radius 2 is 1.67 bits per heavy atom. The van der Waals surface area contributed by atoms with Crippen LogP contribution in [0.15, 0.2) is 47.4 Å². The van der Waals surface area contributed by atoms with Gasteiger partial charge in [0.05, 0.1) is 34.4 Å². The van der Waals surface area contributed by atoms with E-state index in [2.05, 4.69) is 9.97 Å². The summed E-state index contributed by atoms with van der Waals surface area (Å²) in [4.78, 5) is 22.0. The number of rotatable bonds is 6. The number of methoxy groups -OCH3 is 1. The molecule has 33 heavy (non-hydrogen) atoms. The molecule has 3 aromatic rings. The third-order valence-corrected chi connectivity index (χ3v) is 7.67. The highest BCUT2D eigenvalue weighted by Gasteiger charge is 2.27. The van der Waals surface area contributed by atoms with Gasteiger partial charge in [0.15, 0.2) is 0 Å². The van der Waals surface area contributed by atoms with Crippen molar-refractivity contribution >= 4 is 27.0 Å². The van der Waals surface area contributed by atoms with Crippen LogP contribution in [0, 0.1) is 6.92 Å². The maximum atomic E-state index is 13.2. The number of sulfonamides is 1. The number of carbonyl (C=O) groups excluding carboxylic acids is 1. The topological polar surface area (TPSA) is 98.7 Å². The van der Waals surface area contributed by atoms with Crippen LogP contribution < -0.4 is 4.74 Å². The summed E-state index contributed by atoms with van der Waals surface area (Å²) in [5.41, 5.74) is 2.72. The second-order valence-electron chi connectivity index (χ2n) is 8.00. The van der Waals surface area contributed by atoms with E-state index in [9.17, 15) is 13.2 Å². The molecule has 2 heterocycles. The number of aromatic nitrogens is 2. The fourth-order valence-electron chi connectivity index (χ4n) is 3.91. The van der Waals surface area contributed by atoms with E-state index in [1.54, 1.807) is 6.92 Å². The highest BCUT2D eigenvalue weighted by molar-refractivity contribution is 7.89. The zero-order valence-electron chi connectivity index (χ0n) is 18.8. The second kappa shape index (κ2) is 9.84. The molecule has 1 aromatic heterocycles. The number of benzene rings is 2. The average Bonchev–Trinajstić information content (AvgIpc) is 3.12. The molecule has 1 aliphatic heterocycles. The highest BCUT2D eigenvalue weighted by atomic mass is 32.2. The zero-order valence-corrected chi connectivity index (χ0v) is 19.6. The lowest BCUT2D eigenvalue weighted by atomic mass is 10.2. The number of carbonyl (C=O) groups is 1. The Hall–Kier alpha value is -3.04. The molecule has 0 atom stereocenters. The van der Waals surface area contributed by atoms with E-state index in [1.807, 2.05) is 24.3 Å². The summed E-state index contributed by atoms with van der Waals surface area (Å²) in [5, 5.41) is 0. The maximum Gasteiger partial charge on any atom is 0.342 e. The molecule has 8 nitrogen and oxygen atoms in total. The van der Waals surface area contributed by atoms with Gasteiger partial charge in [0.2, 0.25) is 10.0 Å². The number of nitrogens with zero attached hydrogens (tertiary/aromatic N) is 3. The number of esters is 1. The van der Waals surface area contributed by atoms with Crippen LogP contribution in [0.2, 0.25) is 0 Å². The average molecular weight is 470 g/mol. The van der Waals surface area contributed by atoms with Crippen molar-refractivity contribution in [3.8, 4) is 5.75 Å². The van der Waals surface area contributed by atoms with Crippen molar-refractivity contribution in [3.05, 3.63) is 59.4 Å². The smallest absolute Gasteiger partial charge is 0.342 e. The van der Waals surface area contributed by atoms with E-state index in [0.717, 1.165) is 31.2 Å². The van der Waals surface area contributed by atoms with E-state index in [4.69, 9.17) is 9.47 Å². The van der Waals surface area contributed by atoms with Crippen LogP contribution in [-0.2, 0) is 21.4 Å². The first-order chi connectivity index (χ1) is 15.9. The van der Waals surface area contributed by atoms with Gasteiger partial charge in [-0.1, -0.05) is 25.0 Å². The van der Waals surface area contributed by atoms with Crippen molar-refractivity contribution in [1.82, 2.24) is 14.3 Å². The third kappa shape index (κ3) is 4.99. The Bertz CT molecular complexity index is 1270. The minimum atomic E-state index is -3.72. The Balaban J connectivity index is 1.57. The maximum absolute atomic E-state index is 13.2. The Morgan fingerprint density at radius 1 is 1.00 bits per heavy atom. The van der Waals surface area contributed by atoms with Crippen molar-refractivity contribution in [3.63, 3.8) is 0 Å². The molecular weight excluding hydrogens is 442 g/mol. The number of hydrogen-bond acceptors (Lipinski definition) is 7. The van der Waals surface area contributed by atoms with E-state index < -0.39 is 16.0 Å². The van der Waals surface area contributed by atoms with E-state index in [0.29, 0.717) is 30.0 Å². The molecule has 1 fully saturated rings. The predicted molar refractivity (Wildman–Crippen MR) is 124 cm³/mol. The fraction of sp³-hybridized carbons (Fsp3) is 0.375. The molecule has 0 spiro atoms. The lowest BCUT2D eigenvalue weighted by molar-refractivity contribution is 0.0463. The van der Waals surface area contributed by atoms with Crippen molar-refractivity contribution in [2.45, 2.75) is 44.1 Å². The minimum Gasteiger partial charge on any atom is -0.496 e. The lowest BCUT2D eigenvalue weighted by Gasteiger charge is -2.20. The summed E-state index contributed by atoms with van der Waals surface area (Å²) >= 11 is 0. The van der Waals surface area contributed by atoms with Crippen LogP contribution in [0.4, 0.5) is 0 Å². The minimum absolute atomic E-state index is 0.0545. The monoisotopic (exact) mass is 469 g/mol. The Labute approximate surface area is 193 Å². The van der Waals surface area contributed by atoms with Crippen LogP contribution in [0.5, 0.6) is 5.75 Å². The molecule has 1 aliphatic rings. The van der Waals surface area contributed by atoms with Gasteiger partial charge in [-0.15, -0.1) is 0 Å². The second-order valence-corrected chi connectivity index (χ2v) is 9.94. The number of aryl methyl sites for hydroxylation is 1. The van der Waals surface area contributed by atoms with E-state index >= 15 is 0 Å². The van der Waals surface area contributed by atoms with Gasteiger partial charge in [-0.2, -0.15) is 4.31 Å². The molecule has 174 valence electrons. The Morgan fingerprint density at radius 3 is 2.33 bits per heavy atom. The molecule has 0 saturated carbocycles. The molecular formula is C24H27N3O5S. The molecule has 0 N–H and O–H groups in total. The molecule has 0 aliphatic carbocycles. The zero-order chi connectivity index (χ0) is 23.4. The van der Waals surface area contributed by atoms with Gasteiger partial charge in [-0.3, -0.25) is 0 Å². The van der Waals surface area contributed by atoms with Gasteiger partial charge in [0.1, 0.15) is 17.9 Å². The van der Waals surface area contributed by atoms with Gasteiger partial charge in [0, 0.05) is 13.1 Å². The number of fused-ring (bicyclic) bond motifs is 1. The number of ether oxygens (including phenoxy) is 2. The van der Waals surface area contributed by atoms with Crippen molar-refractivity contribution in [2.75, 3.05) is 20.2 Å². The summed E-state index contributed by atoms with van der Waals surface area (Å²) < 4.78 is 38.6. The van der Waals surface area contributed by atoms with Crippen molar-refractivity contribution in [2.24, 2.45) is 0 Å². The van der Waals surface area contributed by atoms with Gasteiger partial charge >= 0.3 is 5.97 Å². The molecule has 0 bridgehead atoms. The summed E-state index contributed by atoms with van der Waals surface area (Å²) in [6, 6.07) is 11.7. The standard InChI is InChI=1S/C24H27N3O5S/c1-17-22(26-21-10-6-5-9-20(21)25-17)16-32-24(28)19-15-18(11-12-23(19)31-2)33(29,30)27-13-7-3-4-8-14-27/h5-6,9-12,15H,3-4,7-8,13-14,16H2,1-2H3. The first-order valence-electron chi connectivity index (χ1n) is 11.0.